The summed E-state index contributed by atoms with van der Waals surface area (Å²) >= 11 is 5.96. The van der Waals surface area contributed by atoms with Crippen molar-refractivity contribution in [2.24, 2.45) is 5.92 Å². The Labute approximate surface area is 126 Å². The molecule has 0 bridgehead atoms. The van der Waals surface area contributed by atoms with E-state index in [4.69, 9.17) is 11.6 Å². The summed E-state index contributed by atoms with van der Waals surface area (Å²) in [5.74, 6) is 0.0891. The predicted octanol–water partition coefficient (Wildman–Crippen LogP) is 2.72. The number of sulfonamides is 1. The molecule has 0 aliphatic carbocycles. The highest BCUT2D eigenvalue weighted by atomic mass is 35.5. The Hall–Kier alpha value is -0.620. The van der Waals surface area contributed by atoms with Gasteiger partial charge in [-0.2, -0.15) is 0 Å². The van der Waals surface area contributed by atoms with E-state index < -0.39 is 16.1 Å². The Morgan fingerprint density at radius 3 is 2.40 bits per heavy atom. The van der Waals surface area contributed by atoms with Gasteiger partial charge in [-0.15, -0.1) is 0 Å². The first-order valence-corrected chi connectivity index (χ1v) is 8.61. The fourth-order valence-electron chi connectivity index (χ4n) is 2.10. The van der Waals surface area contributed by atoms with E-state index in [2.05, 4.69) is 4.72 Å². The molecule has 0 heterocycles. The van der Waals surface area contributed by atoms with E-state index >= 15 is 0 Å². The lowest BCUT2D eigenvalue weighted by molar-refractivity contribution is 0.107. The number of hydrogen-bond acceptors (Lipinski definition) is 3. The van der Waals surface area contributed by atoms with Gasteiger partial charge in [0.2, 0.25) is 10.0 Å². The Balaban J connectivity index is 2.80. The third-order valence-electron chi connectivity index (χ3n) is 3.45. The first kappa shape index (κ1) is 17.4. The first-order chi connectivity index (χ1) is 9.31. The number of benzene rings is 1. The molecule has 0 radical (unpaired) electrons. The van der Waals surface area contributed by atoms with Crippen molar-refractivity contribution in [1.29, 1.82) is 0 Å². The lowest BCUT2D eigenvalue weighted by Crippen LogP contribution is -2.36. The molecule has 1 atom stereocenters. The lowest BCUT2D eigenvalue weighted by Gasteiger charge is -2.20. The molecule has 1 rings (SSSR count). The minimum atomic E-state index is -3.69. The number of hydrogen-bond donors (Lipinski definition) is 2. The Kier molecular flexibility index (Phi) is 6.45. The van der Waals surface area contributed by atoms with Crippen molar-refractivity contribution in [3.63, 3.8) is 0 Å². The third kappa shape index (κ3) is 4.45. The van der Waals surface area contributed by atoms with Gasteiger partial charge in [-0.3, -0.25) is 0 Å². The molecule has 4 nitrogen and oxygen atoms in total. The highest BCUT2D eigenvalue weighted by Crippen LogP contribution is 2.22. The van der Waals surface area contributed by atoms with Crippen LogP contribution >= 0.6 is 11.6 Å². The van der Waals surface area contributed by atoms with Crippen LogP contribution in [0.25, 0.3) is 0 Å². The van der Waals surface area contributed by atoms with Crippen LogP contribution in [0.4, 0.5) is 0 Å². The van der Waals surface area contributed by atoms with E-state index in [0.717, 1.165) is 18.4 Å². The van der Waals surface area contributed by atoms with Crippen molar-refractivity contribution in [2.75, 3.05) is 6.54 Å². The standard InChI is InChI=1S/C14H22ClNO3S/c1-4-11(5-2)13(17)9-16-20(18,19)14-7-6-10(3)8-12(14)15/h6-8,11,13,16-17H,4-5,9H2,1-3H3. The second-order valence-electron chi connectivity index (χ2n) is 4.93. The summed E-state index contributed by atoms with van der Waals surface area (Å²) in [7, 11) is -3.69. The number of aliphatic hydroxyl groups is 1. The zero-order chi connectivity index (χ0) is 15.3. The number of rotatable bonds is 7. The van der Waals surface area contributed by atoms with Gasteiger partial charge in [0.15, 0.2) is 0 Å². The molecule has 0 aliphatic heterocycles. The summed E-state index contributed by atoms with van der Waals surface area (Å²) in [6, 6.07) is 4.77. The molecule has 114 valence electrons. The summed E-state index contributed by atoms with van der Waals surface area (Å²) in [5.41, 5.74) is 0.894. The van der Waals surface area contributed by atoms with Gasteiger partial charge in [0.1, 0.15) is 4.90 Å². The fraction of sp³-hybridized carbons (Fsp3) is 0.571. The van der Waals surface area contributed by atoms with Crippen molar-refractivity contribution < 1.29 is 13.5 Å². The largest absolute Gasteiger partial charge is 0.391 e. The quantitative estimate of drug-likeness (QED) is 0.812. The van der Waals surface area contributed by atoms with Crippen LogP contribution in [0.5, 0.6) is 0 Å². The van der Waals surface area contributed by atoms with Crippen molar-refractivity contribution in [3.8, 4) is 0 Å². The fourth-order valence-corrected chi connectivity index (χ4v) is 3.74. The SMILES string of the molecule is CCC(CC)C(O)CNS(=O)(=O)c1ccc(C)cc1Cl. The van der Waals surface area contributed by atoms with Crippen LogP contribution in [0, 0.1) is 12.8 Å². The molecule has 0 spiro atoms. The Bertz CT molecular complexity index is 541. The topological polar surface area (TPSA) is 66.4 Å². The maximum absolute atomic E-state index is 12.2. The van der Waals surface area contributed by atoms with E-state index in [1.807, 2.05) is 20.8 Å². The molecule has 1 unspecified atom stereocenters. The van der Waals surface area contributed by atoms with Gasteiger partial charge < -0.3 is 5.11 Å². The van der Waals surface area contributed by atoms with Crippen LogP contribution in [0.15, 0.2) is 23.1 Å². The molecule has 1 aromatic carbocycles. The summed E-state index contributed by atoms with van der Waals surface area (Å²) < 4.78 is 26.7. The van der Waals surface area contributed by atoms with Gasteiger partial charge in [0.25, 0.3) is 0 Å². The van der Waals surface area contributed by atoms with Crippen molar-refractivity contribution in [3.05, 3.63) is 28.8 Å². The average Bonchev–Trinajstić information content (AvgIpc) is 2.37. The van der Waals surface area contributed by atoms with E-state index in [0.29, 0.717) is 0 Å². The van der Waals surface area contributed by atoms with E-state index in [1.165, 1.54) is 6.07 Å². The van der Waals surface area contributed by atoms with Gasteiger partial charge in [-0.05, 0) is 30.5 Å². The molecule has 0 amide bonds. The molecular weight excluding hydrogens is 298 g/mol. The zero-order valence-electron chi connectivity index (χ0n) is 12.1. The van der Waals surface area contributed by atoms with Crippen molar-refractivity contribution in [2.45, 2.75) is 44.6 Å². The van der Waals surface area contributed by atoms with Crippen LogP contribution in [-0.4, -0.2) is 26.2 Å². The average molecular weight is 320 g/mol. The summed E-state index contributed by atoms with van der Waals surface area (Å²) in [5, 5.41) is 10.2. The molecule has 20 heavy (non-hydrogen) atoms. The van der Waals surface area contributed by atoms with Crippen molar-refractivity contribution >= 4 is 21.6 Å². The minimum Gasteiger partial charge on any atom is -0.391 e. The molecular formula is C14H22ClNO3S. The van der Waals surface area contributed by atoms with E-state index in [1.54, 1.807) is 12.1 Å². The first-order valence-electron chi connectivity index (χ1n) is 6.75. The number of aryl methyl sites for hydroxylation is 1. The van der Waals surface area contributed by atoms with Gasteiger partial charge in [0.05, 0.1) is 11.1 Å². The second-order valence-corrected chi connectivity index (χ2v) is 7.07. The van der Waals surface area contributed by atoms with Crippen LogP contribution in [-0.2, 0) is 10.0 Å². The molecule has 0 aromatic heterocycles. The van der Waals surface area contributed by atoms with Crippen molar-refractivity contribution in [1.82, 2.24) is 4.72 Å². The molecule has 0 fully saturated rings. The Morgan fingerprint density at radius 1 is 1.30 bits per heavy atom. The van der Waals surface area contributed by atoms with E-state index in [-0.39, 0.29) is 22.4 Å². The zero-order valence-corrected chi connectivity index (χ0v) is 13.6. The normalized spacial score (nSPS) is 13.7. The number of halogens is 1. The van der Waals surface area contributed by atoms with Gasteiger partial charge in [-0.1, -0.05) is 44.4 Å². The second kappa shape index (κ2) is 7.41. The van der Waals surface area contributed by atoms with Crippen LogP contribution in [0.1, 0.15) is 32.3 Å². The summed E-state index contributed by atoms with van der Waals surface area (Å²) in [6.45, 7) is 5.79. The van der Waals surface area contributed by atoms with Gasteiger partial charge in [-0.25, -0.2) is 13.1 Å². The van der Waals surface area contributed by atoms with Crippen LogP contribution in [0.2, 0.25) is 5.02 Å². The predicted molar refractivity (Wildman–Crippen MR) is 81.5 cm³/mol. The van der Waals surface area contributed by atoms with Gasteiger partial charge in [0, 0.05) is 6.54 Å². The lowest BCUT2D eigenvalue weighted by atomic mass is 9.97. The monoisotopic (exact) mass is 319 g/mol. The van der Waals surface area contributed by atoms with E-state index in [9.17, 15) is 13.5 Å². The number of nitrogens with one attached hydrogen (secondary N) is 1. The molecule has 0 aliphatic rings. The number of aliphatic hydroxyl groups excluding tert-OH is 1. The minimum absolute atomic E-state index is 0.00111. The highest BCUT2D eigenvalue weighted by molar-refractivity contribution is 7.89. The van der Waals surface area contributed by atoms with Crippen LogP contribution < -0.4 is 4.72 Å². The maximum Gasteiger partial charge on any atom is 0.242 e. The highest BCUT2D eigenvalue weighted by Gasteiger charge is 2.21. The Morgan fingerprint density at radius 2 is 1.90 bits per heavy atom. The molecule has 6 heteroatoms. The smallest absolute Gasteiger partial charge is 0.242 e. The maximum atomic E-state index is 12.2. The summed E-state index contributed by atoms with van der Waals surface area (Å²) in [6.07, 6.45) is 0.930. The summed E-state index contributed by atoms with van der Waals surface area (Å²) in [4.78, 5) is 0.0431. The third-order valence-corrected chi connectivity index (χ3v) is 5.36. The molecule has 1 aromatic rings. The molecule has 2 N–H and O–H groups in total. The molecule has 0 saturated carbocycles. The van der Waals surface area contributed by atoms with Gasteiger partial charge >= 0.3 is 0 Å². The van der Waals surface area contributed by atoms with Crippen LogP contribution in [0.3, 0.4) is 0 Å². The molecule has 0 saturated heterocycles.